The van der Waals surface area contributed by atoms with E-state index in [-0.39, 0.29) is 18.3 Å². The number of carbonyl (C=O) groups is 3. The summed E-state index contributed by atoms with van der Waals surface area (Å²) in [6.45, 7) is 10.8. The van der Waals surface area contributed by atoms with E-state index in [9.17, 15) is 14.4 Å². The van der Waals surface area contributed by atoms with E-state index in [1.165, 1.54) is 6.92 Å². The summed E-state index contributed by atoms with van der Waals surface area (Å²) in [6, 6.07) is 7.46. The van der Waals surface area contributed by atoms with Gasteiger partial charge < -0.3 is 14.8 Å². The number of anilines is 1. The molecule has 1 aromatic rings. The van der Waals surface area contributed by atoms with Crippen LogP contribution in [0.2, 0.25) is 0 Å². The summed E-state index contributed by atoms with van der Waals surface area (Å²) >= 11 is 0. The Morgan fingerprint density at radius 1 is 1.29 bits per heavy atom. The summed E-state index contributed by atoms with van der Waals surface area (Å²) in [7, 11) is 0. The zero-order valence-corrected chi connectivity index (χ0v) is 17.0. The Hall–Kier alpha value is -2.47. The van der Waals surface area contributed by atoms with E-state index in [1.807, 2.05) is 31.2 Å². The lowest BCUT2D eigenvalue weighted by Gasteiger charge is -2.41. The first-order chi connectivity index (χ1) is 13.2. The van der Waals surface area contributed by atoms with Gasteiger partial charge in [0.05, 0.1) is 18.8 Å². The summed E-state index contributed by atoms with van der Waals surface area (Å²) in [5.74, 6) is -0.991. The largest absolute Gasteiger partial charge is 0.465 e. The summed E-state index contributed by atoms with van der Waals surface area (Å²) in [5.41, 5.74) is 0.645. The van der Waals surface area contributed by atoms with Gasteiger partial charge in [-0.25, -0.2) is 0 Å². The van der Waals surface area contributed by atoms with E-state index in [4.69, 9.17) is 9.47 Å². The Kier molecular flexibility index (Phi) is 7.13. The van der Waals surface area contributed by atoms with E-state index in [2.05, 4.69) is 11.9 Å². The molecule has 1 N–H and O–H groups in total. The molecule has 6 heteroatoms. The molecule has 6 nitrogen and oxygen atoms in total. The van der Waals surface area contributed by atoms with Crippen LogP contribution in [-0.2, 0) is 30.3 Å². The number of amides is 1. The van der Waals surface area contributed by atoms with E-state index in [0.717, 1.165) is 11.3 Å². The predicted molar refractivity (Wildman–Crippen MR) is 107 cm³/mol. The maximum absolute atomic E-state index is 12.9. The molecule has 2 rings (SSSR count). The van der Waals surface area contributed by atoms with Crippen molar-refractivity contribution in [2.24, 2.45) is 5.41 Å². The molecule has 0 aromatic heterocycles. The number of ether oxygens (including phenoxy) is 2. The van der Waals surface area contributed by atoms with Crippen molar-refractivity contribution in [1.82, 2.24) is 0 Å². The minimum Gasteiger partial charge on any atom is -0.465 e. The third-order valence-electron chi connectivity index (χ3n) is 5.10. The fourth-order valence-corrected chi connectivity index (χ4v) is 3.31. The molecule has 0 spiro atoms. The molecule has 0 aliphatic carbocycles. The quantitative estimate of drug-likeness (QED) is 0.440. The lowest BCUT2D eigenvalue weighted by atomic mass is 9.72. The first-order valence-electron chi connectivity index (χ1n) is 9.63. The average Bonchev–Trinajstić information content (AvgIpc) is 2.66. The molecule has 1 aromatic carbocycles. The maximum Gasteiger partial charge on any atom is 0.322 e. The number of esters is 1. The van der Waals surface area contributed by atoms with Crippen molar-refractivity contribution < 1.29 is 23.9 Å². The molecule has 0 radical (unpaired) electrons. The Bertz CT molecular complexity index is 755. The van der Waals surface area contributed by atoms with Crippen molar-refractivity contribution in [2.45, 2.75) is 59.2 Å². The molecule has 1 saturated heterocycles. The second kappa shape index (κ2) is 9.15. The first-order valence-corrected chi connectivity index (χ1v) is 9.63. The molecule has 1 amide bonds. The van der Waals surface area contributed by atoms with Crippen LogP contribution < -0.4 is 5.32 Å². The molecule has 1 aliphatic heterocycles. The molecule has 28 heavy (non-hydrogen) atoms. The number of ketones is 1. The van der Waals surface area contributed by atoms with Crippen molar-refractivity contribution in [3.8, 4) is 0 Å². The molecule has 0 bridgehead atoms. The van der Waals surface area contributed by atoms with Crippen LogP contribution in [-0.4, -0.2) is 36.5 Å². The molecule has 1 heterocycles. The summed E-state index contributed by atoms with van der Waals surface area (Å²) < 4.78 is 11.3. The van der Waals surface area contributed by atoms with E-state index >= 15 is 0 Å². The van der Waals surface area contributed by atoms with Gasteiger partial charge in [0.25, 0.3) is 0 Å². The van der Waals surface area contributed by atoms with E-state index < -0.39 is 23.6 Å². The second-order valence-corrected chi connectivity index (χ2v) is 7.38. The normalized spacial score (nSPS) is 24.7. The Balaban J connectivity index is 2.15. The van der Waals surface area contributed by atoms with Gasteiger partial charge in [0.1, 0.15) is 0 Å². The smallest absolute Gasteiger partial charge is 0.322 e. The number of Topliss-reactive ketones (excluding diaryl/α,β-unsaturated/α-hetero) is 1. The summed E-state index contributed by atoms with van der Waals surface area (Å²) in [4.78, 5) is 36.7. The highest BCUT2D eigenvalue weighted by Crippen LogP contribution is 2.39. The minimum absolute atomic E-state index is 0.127. The molecule has 0 unspecified atom stereocenters. The second-order valence-electron chi connectivity index (χ2n) is 7.38. The molecular formula is C22H29NO5. The van der Waals surface area contributed by atoms with Gasteiger partial charge in [0.2, 0.25) is 5.91 Å². The highest BCUT2D eigenvalue weighted by atomic mass is 16.5. The van der Waals surface area contributed by atoms with Crippen LogP contribution >= 0.6 is 0 Å². The van der Waals surface area contributed by atoms with Gasteiger partial charge in [-0.1, -0.05) is 25.6 Å². The Morgan fingerprint density at radius 3 is 2.50 bits per heavy atom. The highest BCUT2D eigenvalue weighted by molar-refractivity contribution is 6.13. The van der Waals surface area contributed by atoms with Crippen LogP contribution in [0.5, 0.6) is 0 Å². The lowest BCUT2D eigenvalue weighted by molar-refractivity contribution is -0.177. The van der Waals surface area contributed by atoms with Crippen LogP contribution in [0.15, 0.2) is 36.4 Å². The van der Waals surface area contributed by atoms with E-state index in [0.29, 0.717) is 24.8 Å². The number of hydrogen-bond donors (Lipinski definition) is 1. The van der Waals surface area contributed by atoms with Gasteiger partial charge in [-0.05, 0) is 50.8 Å². The number of hydrogen-bond acceptors (Lipinski definition) is 5. The van der Waals surface area contributed by atoms with Crippen LogP contribution in [0.1, 0.15) is 46.1 Å². The topological polar surface area (TPSA) is 81.7 Å². The molecule has 1 aliphatic rings. The van der Waals surface area contributed by atoms with Crippen LogP contribution in [0.3, 0.4) is 0 Å². The van der Waals surface area contributed by atoms with Crippen LogP contribution in [0, 0.1) is 5.41 Å². The predicted octanol–water partition coefficient (Wildman–Crippen LogP) is 3.45. The SMILES string of the molecule is C=C1C(=O)[C@](C)(C(=O)OCCC)[C@H](CCc2ccc(NC(C)=O)cc2)O[C@@H]1C. The maximum atomic E-state index is 12.9. The number of nitrogens with one attached hydrogen (secondary N) is 1. The van der Waals surface area contributed by atoms with Crippen molar-refractivity contribution in [3.05, 3.63) is 42.0 Å². The van der Waals surface area contributed by atoms with Gasteiger partial charge in [0.15, 0.2) is 11.2 Å². The standard InChI is InChI=1S/C22H29NO5/c1-6-13-27-21(26)22(5)19(28-15(3)14(2)20(22)25)12-9-17-7-10-18(11-8-17)23-16(4)24/h7-8,10-11,15,19H,2,6,9,12-13H2,1,3-5H3,(H,23,24)/t15-,19+,22-/m1/s1. The highest BCUT2D eigenvalue weighted by Gasteiger charge is 2.54. The minimum atomic E-state index is -1.39. The summed E-state index contributed by atoms with van der Waals surface area (Å²) in [6.07, 6.45) is 0.750. The Labute approximate surface area is 166 Å². The fraction of sp³-hybridized carbons (Fsp3) is 0.500. The van der Waals surface area contributed by atoms with E-state index in [1.54, 1.807) is 13.8 Å². The monoisotopic (exact) mass is 387 g/mol. The molecular weight excluding hydrogens is 358 g/mol. The van der Waals surface area contributed by atoms with Crippen LogP contribution in [0.4, 0.5) is 5.69 Å². The lowest BCUT2D eigenvalue weighted by Crippen LogP contribution is -2.55. The van der Waals surface area contributed by atoms with Crippen molar-refractivity contribution in [3.63, 3.8) is 0 Å². The first kappa shape index (κ1) is 21.8. The zero-order chi connectivity index (χ0) is 20.9. The zero-order valence-electron chi connectivity index (χ0n) is 17.0. The summed E-state index contributed by atoms with van der Waals surface area (Å²) in [5, 5.41) is 2.72. The molecule has 0 saturated carbocycles. The van der Waals surface area contributed by atoms with Crippen LogP contribution in [0.25, 0.3) is 0 Å². The number of benzene rings is 1. The third kappa shape index (κ3) is 4.68. The number of rotatable bonds is 7. The number of aryl methyl sites for hydroxylation is 1. The molecule has 1 fully saturated rings. The van der Waals surface area contributed by atoms with Gasteiger partial charge in [-0.2, -0.15) is 0 Å². The molecule has 3 atom stereocenters. The van der Waals surface area contributed by atoms with Crippen molar-refractivity contribution >= 4 is 23.3 Å². The molecule has 152 valence electrons. The Morgan fingerprint density at radius 2 is 1.93 bits per heavy atom. The van der Waals surface area contributed by atoms with Crippen molar-refractivity contribution in [2.75, 3.05) is 11.9 Å². The van der Waals surface area contributed by atoms with Gasteiger partial charge in [-0.3, -0.25) is 14.4 Å². The number of carbonyl (C=O) groups excluding carboxylic acids is 3. The van der Waals surface area contributed by atoms with Gasteiger partial charge in [-0.15, -0.1) is 0 Å². The van der Waals surface area contributed by atoms with Gasteiger partial charge >= 0.3 is 5.97 Å². The third-order valence-corrected chi connectivity index (χ3v) is 5.10. The van der Waals surface area contributed by atoms with Crippen molar-refractivity contribution in [1.29, 1.82) is 0 Å². The average molecular weight is 387 g/mol. The van der Waals surface area contributed by atoms with Gasteiger partial charge in [0, 0.05) is 18.2 Å². The fourth-order valence-electron chi connectivity index (χ4n) is 3.31.